The second kappa shape index (κ2) is 6.91. The van der Waals surface area contributed by atoms with Crippen LogP contribution in [-0.2, 0) is 16.6 Å². The molecule has 0 radical (unpaired) electrons. The van der Waals surface area contributed by atoms with E-state index in [0.29, 0.717) is 22.1 Å². The van der Waals surface area contributed by atoms with Gasteiger partial charge < -0.3 is 9.47 Å². The van der Waals surface area contributed by atoms with Crippen LogP contribution < -0.4 is 9.47 Å². The van der Waals surface area contributed by atoms with E-state index in [-0.39, 0.29) is 5.56 Å². The lowest BCUT2D eigenvalue weighted by atomic mass is 10.2. The molecule has 0 fully saturated rings. The van der Waals surface area contributed by atoms with Crippen LogP contribution in [0.15, 0.2) is 47.4 Å². The molecule has 0 aromatic heterocycles. The fraction of sp³-hybridized carbons (Fsp3) is 0.188. The van der Waals surface area contributed by atoms with Gasteiger partial charge in [-0.15, -0.1) is 0 Å². The first-order chi connectivity index (χ1) is 10.2. The SMILES string of the molecule is COc1cc(OC)c(C#N)c([S@](=O)Cc2ccccc2)c1. The predicted molar refractivity (Wildman–Crippen MR) is 80.8 cm³/mol. The molecule has 2 rings (SSSR count). The van der Waals surface area contributed by atoms with Gasteiger partial charge in [0.05, 0.1) is 35.7 Å². The first kappa shape index (κ1) is 15.1. The molecule has 2 aromatic carbocycles. The summed E-state index contributed by atoms with van der Waals surface area (Å²) in [6.07, 6.45) is 0. The minimum atomic E-state index is -1.35. The van der Waals surface area contributed by atoms with Crippen LogP contribution in [0.25, 0.3) is 0 Å². The minimum absolute atomic E-state index is 0.285. The van der Waals surface area contributed by atoms with Crippen LogP contribution >= 0.6 is 0 Å². The van der Waals surface area contributed by atoms with Crippen molar-refractivity contribution in [2.24, 2.45) is 0 Å². The highest BCUT2D eigenvalue weighted by atomic mass is 32.2. The summed E-state index contributed by atoms with van der Waals surface area (Å²) in [7, 11) is 1.64. The summed E-state index contributed by atoms with van der Waals surface area (Å²) < 4.78 is 22.9. The fourth-order valence-corrected chi connectivity index (χ4v) is 3.21. The van der Waals surface area contributed by atoms with Crippen molar-refractivity contribution in [3.05, 3.63) is 53.6 Å². The number of hydrogen-bond donors (Lipinski definition) is 0. The lowest BCUT2D eigenvalue weighted by Crippen LogP contribution is -2.02. The van der Waals surface area contributed by atoms with Crippen LogP contribution in [0, 0.1) is 11.3 Å². The highest BCUT2D eigenvalue weighted by molar-refractivity contribution is 7.84. The van der Waals surface area contributed by atoms with Gasteiger partial charge in [0.2, 0.25) is 0 Å². The Hall–Kier alpha value is -2.32. The molecular weight excluding hydrogens is 286 g/mol. The lowest BCUT2D eigenvalue weighted by Gasteiger charge is -2.11. The summed E-state index contributed by atoms with van der Waals surface area (Å²) in [5.41, 5.74) is 1.23. The molecular formula is C16H15NO3S. The van der Waals surface area contributed by atoms with Crippen molar-refractivity contribution in [1.29, 1.82) is 5.26 Å². The van der Waals surface area contributed by atoms with Crippen LogP contribution in [0.4, 0.5) is 0 Å². The van der Waals surface area contributed by atoms with Gasteiger partial charge in [-0.3, -0.25) is 4.21 Å². The van der Waals surface area contributed by atoms with Crippen LogP contribution in [0.5, 0.6) is 11.5 Å². The van der Waals surface area contributed by atoms with Crippen LogP contribution in [0.3, 0.4) is 0 Å². The zero-order chi connectivity index (χ0) is 15.2. The molecule has 2 aromatic rings. The summed E-state index contributed by atoms with van der Waals surface area (Å²) in [4.78, 5) is 0.428. The Morgan fingerprint density at radius 2 is 1.86 bits per heavy atom. The van der Waals surface area contributed by atoms with Crippen LogP contribution in [-0.4, -0.2) is 18.4 Å². The van der Waals surface area contributed by atoms with Gasteiger partial charge in [-0.2, -0.15) is 5.26 Å². The van der Waals surface area contributed by atoms with E-state index >= 15 is 0 Å². The Labute approximate surface area is 126 Å². The van der Waals surface area contributed by atoms with Gasteiger partial charge in [0.15, 0.2) is 0 Å². The smallest absolute Gasteiger partial charge is 0.141 e. The second-order valence-electron chi connectivity index (χ2n) is 4.29. The van der Waals surface area contributed by atoms with Gasteiger partial charge in [0, 0.05) is 6.07 Å². The molecule has 0 aliphatic carbocycles. The van der Waals surface area contributed by atoms with Gasteiger partial charge in [0.25, 0.3) is 0 Å². The third-order valence-electron chi connectivity index (χ3n) is 2.99. The molecule has 0 aliphatic heterocycles. The Kier molecular flexibility index (Phi) is 4.96. The zero-order valence-electron chi connectivity index (χ0n) is 11.8. The zero-order valence-corrected chi connectivity index (χ0v) is 12.6. The highest BCUT2D eigenvalue weighted by Crippen LogP contribution is 2.31. The number of hydrogen-bond acceptors (Lipinski definition) is 4. The van der Waals surface area contributed by atoms with Crippen LogP contribution in [0.1, 0.15) is 11.1 Å². The summed E-state index contributed by atoms with van der Waals surface area (Å²) in [6, 6.07) is 14.8. The third kappa shape index (κ3) is 3.41. The molecule has 4 nitrogen and oxygen atoms in total. The molecule has 21 heavy (non-hydrogen) atoms. The van der Waals surface area contributed by atoms with Crippen molar-refractivity contribution in [2.75, 3.05) is 14.2 Å². The van der Waals surface area contributed by atoms with Gasteiger partial charge in [-0.1, -0.05) is 30.3 Å². The highest BCUT2D eigenvalue weighted by Gasteiger charge is 2.17. The van der Waals surface area contributed by atoms with Crippen LogP contribution in [0.2, 0.25) is 0 Å². The lowest BCUT2D eigenvalue weighted by molar-refractivity contribution is 0.391. The number of nitrogens with zero attached hydrogens (tertiary/aromatic N) is 1. The first-order valence-electron chi connectivity index (χ1n) is 6.28. The molecule has 0 saturated carbocycles. The number of rotatable bonds is 5. The largest absolute Gasteiger partial charge is 0.497 e. The maximum atomic E-state index is 12.6. The van der Waals surface area contributed by atoms with E-state index in [1.165, 1.54) is 14.2 Å². The predicted octanol–water partition coefficient (Wildman–Crippen LogP) is 2.88. The fourth-order valence-electron chi connectivity index (χ4n) is 1.94. The maximum absolute atomic E-state index is 12.6. The van der Waals surface area contributed by atoms with E-state index in [9.17, 15) is 9.47 Å². The molecule has 0 N–H and O–H groups in total. The first-order valence-corrected chi connectivity index (χ1v) is 7.60. The van der Waals surface area contributed by atoms with E-state index in [2.05, 4.69) is 6.07 Å². The van der Waals surface area contributed by atoms with Crippen molar-refractivity contribution < 1.29 is 13.7 Å². The molecule has 0 unspecified atom stereocenters. The van der Waals surface area contributed by atoms with Crippen molar-refractivity contribution in [3.63, 3.8) is 0 Å². The third-order valence-corrected chi connectivity index (χ3v) is 4.40. The van der Waals surface area contributed by atoms with Crippen molar-refractivity contribution in [2.45, 2.75) is 10.6 Å². The Morgan fingerprint density at radius 1 is 1.14 bits per heavy atom. The Balaban J connectivity index is 2.42. The van der Waals surface area contributed by atoms with E-state index in [1.807, 2.05) is 30.3 Å². The quantitative estimate of drug-likeness (QED) is 0.852. The molecule has 0 aliphatic rings. The maximum Gasteiger partial charge on any atom is 0.141 e. The van der Waals surface area contributed by atoms with Gasteiger partial charge in [-0.05, 0) is 11.6 Å². The van der Waals surface area contributed by atoms with Crippen molar-refractivity contribution in [1.82, 2.24) is 0 Å². The summed E-state index contributed by atoms with van der Waals surface area (Å²) in [5.74, 6) is 1.22. The average Bonchev–Trinajstić information content (AvgIpc) is 2.54. The summed E-state index contributed by atoms with van der Waals surface area (Å²) >= 11 is 0. The number of ether oxygens (including phenoxy) is 2. The average molecular weight is 301 g/mol. The number of nitriles is 1. The van der Waals surface area contributed by atoms with Crippen molar-refractivity contribution in [3.8, 4) is 17.6 Å². The van der Waals surface area contributed by atoms with E-state index in [1.54, 1.807) is 12.1 Å². The molecule has 1 atom stereocenters. The monoisotopic (exact) mass is 301 g/mol. The normalized spacial score (nSPS) is 11.5. The topological polar surface area (TPSA) is 59.3 Å². The molecule has 5 heteroatoms. The molecule has 0 spiro atoms. The van der Waals surface area contributed by atoms with E-state index in [0.717, 1.165) is 5.56 Å². The summed E-state index contributed by atoms with van der Waals surface area (Å²) in [6.45, 7) is 0. The second-order valence-corrected chi connectivity index (χ2v) is 5.71. The number of benzene rings is 2. The van der Waals surface area contributed by atoms with E-state index in [4.69, 9.17) is 9.47 Å². The van der Waals surface area contributed by atoms with E-state index < -0.39 is 10.8 Å². The molecule has 0 saturated heterocycles. The molecule has 0 heterocycles. The van der Waals surface area contributed by atoms with Gasteiger partial charge >= 0.3 is 0 Å². The summed E-state index contributed by atoms with van der Waals surface area (Å²) in [5, 5.41) is 9.30. The molecule has 0 bridgehead atoms. The molecule has 0 amide bonds. The Bertz CT molecular complexity index is 693. The minimum Gasteiger partial charge on any atom is -0.497 e. The molecule has 108 valence electrons. The number of methoxy groups -OCH3 is 2. The Morgan fingerprint density at radius 3 is 2.43 bits per heavy atom. The van der Waals surface area contributed by atoms with Gasteiger partial charge in [-0.25, -0.2) is 0 Å². The standard InChI is InChI=1S/C16H15NO3S/c1-19-13-8-15(20-2)14(10-17)16(9-13)21(18)11-12-6-4-3-5-7-12/h3-9H,11H2,1-2H3/t21-/m1/s1. The van der Waals surface area contributed by atoms with Gasteiger partial charge in [0.1, 0.15) is 23.1 Å². The van der Waals surface area contributed by atoms with Crippen molar-refractivity contribution >= 4 is 10.8 Å².